The van der Waals surface area contributed by atoms with Gasteiger partial charge in [0.25, 0.3) is 0 Å². The van der Waals surface area contributed by atoms with Gasteiger partial charge < -0.3 is 14.2 Å². The van der Waals surface area contributed by atoms with Gasteiger partial charge in [0.1, 0.15) is 0 Å². The standard InChI is InChI=1S/C13H21BrO4/c1-4-16-13(17-5-2,7-6-8-14)11-9-10(3)12(15)18-11/h9,11H,4-8H2,1-3H3. The summed E-state index contributed by atoms with van der Waals surface area (Å²) in [5, 5.41) is 0.859. The van der Waals surface area contributed by atoms with E-state index in [1.54, 1.807) is 13.0 Å². The number of esters is 1. The minimum Gasteiger partial charge on any atom is -0.449 e. The first-order chi connectivity index (χ1) is 8.59. The molecule has 18 heavy (non-hydrogen) atoms. The molecule has 0 fully saturated rings. The molecule has 1 atom stereocenters. The zero-order chi connectivity index (χ0) is 13.6. The normalized spacial score (nSPS) is 19.9. The lowest BCUT2D eigenvalue weighted by molar-refractivity contribution is -0.274. The van der Waals surface area contributed by atoms with Crippen LogP contribution in [0.5, 0.6) is 0 Å². The third-order valence-electron chi connectivity index (χ3n) is 2.83. The highest BCUT2D eigenvalue weighted by Gasteiger charge is 2.44. The summed E-state index contributed by atoms with van der Waals surface area (Å²) in [5.41, 5.74) is 0.614. The highest BCUT2D eigenvalue weighted by molar-refractivity contribution is 9.09. The predicted molar refractivity (Wildman–Crippen MR) is 72.6 cm³/mol. The summed E-state index contributed by atoms with van der Waals surface area (Å²) in [5.74, 6) is -1.15. The molecule has 4 nitrogen and oxygen atoms in total. The minimum atomic E-state index is -0.856. The van der Waals surface area contributed by atoms with E-state index in [2.05, 4.69) is 15.9 Å². The van der Waals surface area contributed by atoms with Gasteiger partial charge in [-0.05, 0) is 33.3 Å². The van der Waals surface area contributed by atoms with E-state index in [0.29, 0.717) is 25.2 Å². The number of alkyl halides is 1. The van der Waals surface area contributed by atoms with E-state index in [1.807, 2.05) is 13.8 Å². The number of rotatable bonds is 8. The van der Waals surface area contributed by atoms with Crippen molar-refractivity contribution in [3.8, 4) is 0 Å². The van der Waals surface area contributed by atoms with Crippen LogP contribution < -0.4 is 0 Å². The molecule has 0 aromatic carbocycles. The van der Waals surface area contributed by atoms with Crippen molar-refractivity contribution in [2.45, 2.75) is 45.5 Å². The molecule has 1 aliphatic rings. The Hall–Kier alpha value is -0.390. The number of carbonyl (C=O) groups is 1. The average molecular weight is 321 g/mol. The average Bonchev–Trinajstić information content (AvgIpc) is 2.68. The molecule has 1 unspecified atom stereocenters. The number of ether oxygens (including phenoxy) is 3. The summed E-state index contributed by atoms with van der Waals surface area (Å²) in [4.78, 5) is 11.5. The number of carbonyl (C=O) groups excluding carboxylic acids is 1. The third kappa shape index (κ3) is 3.56. The van der Waals surface area contributed by atoms with Gasteiger partial charge in [-0.15, -0.1) is 0 Å². The van der Waals surface area contributed by atoms with Crippen LogP contribution in [0.4, 0.5) is 0 Å². The maximum Gasteiger partial charge on any atom is 0.334 e. The summed E-state index contributed by atoms with van der Waals surface area (Å²) in [6.45, 7) is 6.60. The fourth-order valence-corrected chi connectivity index (χ4v) is 2.33. The second-order valence-electron chi connectivity index (χ2n) is 4.15. The van der Waals surface area contributed by atoms with Crippen LogP contribution >= 0.6 is 15.9 Å². The molecule has 0 aromatic heterocycles. The molecule has 104 valence electrons. The van der Waals surface area contributed by atoms with Crippen molar-refractivity contribution in [3.63, 3.8) is 0 Å². The maximum atomic E-state index is 11.5. The number of hydrogen-bond donors (Lipinski definition) is 0. The highest BCUT2D eigenvalue weighted by Crippen LogP contribution is 2.32. The van der Waals surface area contributed by atoms with Crippen LogP contribution in [0.1, 0.15) is 33.6 Å². The summed E-state index contributed by atoms with van der Waals surface area (Å²) < 4.78 is 16.9. The molecule has 5 heteroatoms. The van der Waals surface area contributed by atoms with Crippen molar-refractivity contribution in [1.82, 2.24) is 0 Å². The topological polar surface area (TPSA) is 44.8 Å². The Morgan fingerprint density at radius 2 is 2.00 bits per heavy atom. The van der Waals surface area contributed by atoms with E-state index in [0.717, 1.165) is 11.8 Å². The van der Waals surface area contributed by atoms with E-state index < -0.39 is 11.9 Å². The quantitative estimate of drug-likeness (QED) is 0.392. The third-order valence-corrected chi connectivity index (χ3v) is 3.39. The van der Waals surface area contributed by atoms with E-state index in [-0.39, 0.29) is 5.97 Å². The molecule has 0 amide bonds. The Balaban J connectivity index is 2.90. The van der Waals surface area contributed by atoms with Crippen LogP contribution in [0, 0.1) is 0 Å². The zero-order valence-corrected chi connectivity index (χ0v) is 12.8. The molecule has 0 saturated heterocycles. The Morgan fingerprint density at radius 1 is 1.39 bits per heavy atom. The molecule has 0 spiro atoms. The Morgan fingerprint density at radius 3 is 2.39 bits per heavy atom. The monoisotopic (exact) mass is 320 g/mol. The molecule has 0 bridgehead atoms. The number of cyclic esters (lactones) is 1. The molecule has 0 radical (unpaired) electrons. The van der Waals surface area contributed by atoms with Gasteiger partial charge in [-0.2, -0.15) is 0 Å². The van der Waals surface area contributed by atoms with E-state index in [9.17, 15) is 4.79 Å². The van der Waals surface area contributed by atoms with Gasteiger partial charge in [0.15, 0.2) is 6.10 Å². The summed E-state index contributed by atoms with van der Waals surface area (Å²) in [6, 6.07) is 0. The lowest BCUT2D eigenvalue weighted by atomic mass is 10.0. The molecule has 0 N–H and O–H groups in total. The Labute approximate surface area is 117 Å². The second-order valence-corrected chi connectivity index (χ2v) is 4.94. The predicted octanol–water partition coefficient (Wildman–Crippen LogP) is 2.80. The van der Waals surface area contributed by atoms with Crippen LogP contribution in [0.3, 0.4) is 0 Å². The van der Waals surface area contributed by atoms with Crippen molar-refractivity contribution in [1.29, 1.82) is 0 Å². The molecule has 1 rings (SSSR count). The van der Waals surface area contributed by atoms with Crippen LogP contribution in [-0.4, -0.2) is 36.4 Å². The fourth-order valence-electron chi connectivity index (χ4n) is 2.05. The smallest absolute Gasteiger partial charge is 0.334 e. The fraction of sp³-hybridized carbons (Fsp3) is 0.769. The van der Waals surface area contributed by atoms with Crippen molar-refractivity contribution in [2.75, 3.05) is 18.5 Å². The van der Waals surface area contributed by atoms with Gasteiger partial charge in [0, 0.05) is 30.5 Å². The second kappa shape index (κ2) is 7.26. The first kappa shape index (κ1) is 15.7. The van der Waals surface area contributed by atoms with E-state index in [1.165, 1.54) is 0 Å². The SMILES string of the molecule is CCOC(CCCBr)(OCC)C1C=C(C)C(=O)O1. The van der Waals surface area contributed by atoms with Crippen molar-refractivity contribution >= 4 is 21.9 Å². The van der Waals surface area contributed by atoms with Gasteiger partial charge in [0.2, 0.25) is 5.79 Å². The maximum absolute atomic E-state index is 11.5. The molecule has 0 saturated carbocycles. The van der Waals surface area contributed by atoms with Crippen LogP contribution in [-0.2, 0) is 19.0 Å². The van der Waals surface area contributed by atoms with Gasteiger partial charge in [0.05, 0.1) is 0 Å². The van der Waals surface area contributed by atoms with E-state index in [4.69, 9.17) is 14.2 Å². The van der Waals surface area contributed by atoms with Crippen LogP contribution in [0.25, 0.3) is 0 Å². The molecular weight excluding hydrogens is 300 g/mol. The van der Waals surface area contributed by atoms with Crippen molar-refractivity contribution in [3.05, 3.63) is 11.6 Å². The molecular formula is C13H21BrO4. The van der Waals surface area contributed by atoms with Gasteiger partial charge in [-0.1, -0.05) is 15.9 Å². The van der Waals surface area contributed by atoms with Crippen molar-refractivity contribution in [2.24, 2.45) is 0 Å². The Kier molecular flexibility index (Phi) is 6.32. The minimum absolute atomic E-state index is 0.289. The summed E-state index contributed by atoms with van der Waals surface area (Å²) in [7, 11) is 0. The molecule has 0 aliphatic carbocycles. The molecule has 1 heterocycles. The Bertz CT molecular complexity index is 308. The van der Waals surface area contributed by atoms with Crippen LogP contribution in [0.2, 0.25) is 0 Å². The van der Waals surface area contributed by atoms with E-state index >= 15 is 0 Å². The van der Waals surface area contributed by atoms with Crippen molar-refractivity contribution < 1.29 is 19.0 Å². The molecule has 1 aliphatic heterocycles. The molecule has 0 aromatic rings. The van der Waals surface area contributed by atoms with Gasteiger partial charge in [-0.3, -0.25) is 0 Å². The van der Waals surface area contributed by atoms with Crippen LogP contribution in [0.15, 0.2) is 11.6 Å². The number of halogens is 1. The zero-order valence-electron chi connectivity index (χ0n) is 11.2. The summed E-state index contributed by atoms with van der Waals surface area (Å²) >= 11 is 3.40. The van der Waals surface area contributed by atoms with Gasteiger partial charge >= 0.3 is 5.97 Å². The number of hydrogen-bond acceptors (Lipinski definition) is 4. The highest BCUT2D eigenvalue weighted by atomic mass is 79.9. The summed E-state index contributed by atoms with van der Waals surface area (Å²) in [6.07, 6.45) is 2.91. The first-order valence-corrected chi connectivity index (χ1v) is 7.45. The first-order valence-electron chi connectivity index (χ1n) is 6.33. The largest absolute Gasteiger partial charge is 0.449 e. The lowest BCUT2D eigenvalue weighted by Gasteiger charge is -2.36. The van der Waals surface area contributed by atoms with Gasteiger partial charge in [-0.25, -0.2) is 4.79 Å². The lowest BCUT2D eigenvalue weighted by Crippen LogP contribution is -2.47.